The number of nitriles is 2. The van der Waals surface area contributed by atoms with Crippen LogP contribution in [0.1, 0.15) is 19.4 Å². The normalized spacial score (nSPS) is 9.65. The van der Waals surface area contributed by atoms with E-state index in [1.807, 2.05) is 44.2 Å². The number of benzene rings is 1. The van der Waals surface area contributed by atoms with E-state index in [0.29, 0.717) is 5.75 Å². The number of hydrogen-bond acceptors (Lipinski definition) is 4. The molecule has 0 bridgehead atoms. The summed E-state index contributed by atoms with van der Waals surface area (Å²) in [5.41, 5.74) is 0.800. The van der Waals surface area contributed by atoms with E-state index in [9.17, 15) is 4.79 Å². The van der Waals surface area contributed by atoms with E-state index >= 15 is 0 Å². The van der Waals surface area contributed by atoms with Gasteiger partial charge in [-0.15, -0.1) is 0 Å². The summed E-state index contributed by atoms with van der Waals surface area (Å²) in [5, 5.41) is 17.3. The molecule has 0 saturated heterocycles. The first-order valence-electron chi connectivity index (χ1n) is 6.34. The number of carbonyl (C=O) groups is 1. The fraction of sp³-hybridized carbons (Fsp3) is 0.400. The molecule has 0 fully saturated rings. The number of carbonyl (C=O) groups excluding carboxylic acids is 1. The molecule has 1 amide bonds. The van der Waals surface area contributed by atoms with Crippen LogP contribution in [0.4, 0.5) is 0 Å². The smallest absolute Gasteiger partial charge is 0.228 e. The predicted molar refractivity (Wildman–Crippen MR) is 73.7 cm³/mol. The quantitative estimate of drug-likeness (QED) is 0.740. The van der Waals surface area contributed by atoms with Gasteiger partial charge >= 0.3 is 0 Å². The Morgan fingerprint density at radius 3 is 2.50 bits per heavy atom. The summed E-state index contributed by atoms with van der Waals surface area (Å²) in [7, 11) is 0. The summed E-state index contributed by atoms with van der Waals surface area (Å²) in [6.07, 6.45) is 0.216. The van der Waals surface area contributed by atoms with Gasteiger partial charge in [-0.05, 0) is 31.5 Å². The maximum absolute atomic E-state index is 12.0. The van der Waals surface area contributed by atoms with Gasteiger partial charge in [0.2, 0.25) is 5.91 Å². The molecule has 0 heterocycles. The van der Waals surface area contributed by atoms with Gasteiger partial charge < -0.3 is 9.64 Å². The van der Waals surface area contributed by atoms with Gasteiger partial charge in [-0.2, -0.15) is 10.5 Å². The maximum atomic E-state index is 12.0. The number of nitrogens with zero attached hydrogens (tertiary/aromatic N) is 3. The van der Waals surface area contributed by atoms with Gasteiger partial charge in [0.1, 0.15) is 18.8 Å². The van der Waals surface area contributed by atoms with E-state index in [-0.39, 0.29) is 31.5 Å². The fourth-order valence-electron chi connectivity index (χ4n) is 1.69. The Labute approximate surface area is 119 Å². The molecule has 20 heavy (non-hydrogen) atoms. The second-order valence-electron chi connectivity index (χ2n) is 4.56. The van der Waals surface area contributed by atoms with E-state index in [2.05, 4.69) is 0 Å². The van der Waals surface area contributed by atoms with Gasteiger partial charge in [0.05, 0.1) is 24.7 Å². The number of hydrogen-bond donors (Lipinski definition) is 0. The van der Waals surface area contributed by atoms with Crippen LogP contribution >= 0.6 is 0 Å². The second-order valence-corrected chi connectivity index (χ2v) is 4.56. The van der Waals surface area contributed by atoms with Crippen LogP contribution < -0.4 is 4.74 Å². The summed E-state index contributed by atoms with van der Waals surface area (Å²) in [6, 6.07) is 11.0. The summed E-state index contributed by atoms with van der Waals surface area (Å²) >= 11 is 0. The summed E-state index contributed by atoms with van der Waals surface area (Å²) in [4.78, 5) is 13.2. The van der Waals surface area contributed by atoms with Crippen molar-refractivity contribution in [1.29, 1.82) is 10.5 Å². The van der Waals surface area contributed by atoms with Crippen LogP contribution in [0.2, 0.25) is 0 Å². The molecule has 1 aromatic rings. The first kappa shape index (κ1) is 15.5. The molecular formula is C15H17N3O2. The lowest BCUT2D eigenvalue weighted by Gasteiger charge is -2.16. The highest BCUT2D eigenvalue weighted by Gasteiger charge is 2.13. The van der Waals surface area contributed by atoms with E-state index in [4.69, 9.17) is 15.3 Å². The first-order valence-corrected chi connectivity index (χ1v) is 6.34. The average Bonchev–Trinajstić information content (AvgIpc) is 2.38. The average molecular weight is 271 g/mol. The Hall–Kier alpha value is -2.53. The highest BCUT2D eigenvalue weighted by Crippen LogP contribution is 2.15. The minimum atomic E-state index is -0.241. The molecule has 0 saturated carbocycles. The number of rotatable bonds is 6. The molecule has 0 aliphatic carbocycles. The molecule has 1 rings (SSSR count). The third-order valence-corrected chi connectivity index (χ3v) is 2.50. The van der Waals surface area contributed by atoms with Gasteiger partial charge in [0.25, 0.3) is 0 Å². The highest BCUT2D eigenvalue weighted by atomic mass is 16.5. The second kappa shape index (κ2) is 7.81. The molecule has 5 nitrogen and oxygen atoms in total. The molecular weight excluding hydrogens is 254 g/mol. The fourth-order valence-corrected chi connectivity index (χ4v) is 1.69. The minimum Gasteiger partial charge on any atom is -0.491 e. The van der Waals surface area contributed by atoms with Crippen molar-refractivity contribution < 1.29 is 9.53 Å². The Morgan fingerprint density at radius 1 is 1.30 bits per heavy atom. The molecule has 5 heteroatoms. The molecule has 0 aliphatic heterocycles. The molecule has 1 aromatic carbocycles. The summed E-state index contributed by atoms with van der Waals surface area (Å²) < 4.78 is 5.56. The van der Waals surface area contributed by atoms with Crippen molar-refractivity contribution in [1.82, 2.24) is 4.90 Å². The molecule has 0 aliphatic rings. The van der Waals surface area contributed by atoms with Gasteiger partial charge in [0, 0.05) is 0 Å². The van der Waals surface area contributed by atoms with E-state index in [1.165, 1.54) is 4.90 Å². The van der Waals surface area contributed by atoms with Crippen LogP contribution in [0, 0.1) is 22.7 Å². The van der Waals surface area contributed by atoms with E-state index in [0.717, 1.165) is 5.56 Å². The van der Waals surface area contributed by atoms with Crippen molar-refractivity contribution in [2.24, 2.45) is 0 Å². The third kappa shape index (κ3) is 4.99. The Bertz CT molecular complexity index is 525. The molecule has 0 aromatic heterocycles. The zero-order chi connectivity index (χ0) is 15.0. The number of ether oxygens (including phenoxy) is 1. The van der Waals surface area contributed by atoms with Gasteiger partial charge in [-0.3, -0.25) is 4.79 Å². The Kier molecular flexibility index (Phi) is 6.06. The van der Waals surface area contributed by atoms with Gasteiger partial charge in [0.15, 0.2) is 0 Å². The van der Waals surface area contributed by atoms with Crippen molar-refractivity contribution in [3.8, 4) is 17.9 Å². The van der Waals surface area contributed by atoms with Crippen molar-refractivity contribution in [3.05, 3.63) is 29.8 Å². The monoisotopic (exact) mass is 271 g/mol. The maximum Gasteiger partial charge on any atom is 0.228 e. The molecule has 104 valence electrons. The zero-order valence-electron chi connectivity index (χ0n) is 11.7. The lowest BCUT2D eigenvalue weighted by atomic mass is 10.1. The first-order chi connectivity index (χ1) is 9.56. The van der Waals surface area contributed by atoms with Gasteiger partial charge in [-0.25, -0.2) is 0 Å². The lowest BCUT2D eigenvalue weighted by Crippen LogP contribution is -2.33. The lowest BCUT2D eigenvalue weighted by molar-refractivity contribution is -0.129. The predicted octanol–water partition coefficient (Wildman–Crippen LogP) is 1.89. The van der Waals surface area contributed by atoms with Crippen LogP contribution in [0.5, 0.6) is 5.75 Å². The SMILES string of the molecule is CC(C)Oc1cccc(CC(=O)N(CC#N)CC#N)c1. The molecule has 0 radical (unpaired) electrons. The molecule has 0 atom stereocenters. The minimum absolute atomic E-state index is 0.0645. The molecule has 0 N–H and O–H groups in total. The van der Waals surface area contributed by atoms with Crippen LogP contribution in [-0.4, -0.2) is 30.0 Å². The third-order valence-electron chi connectivity index (χ3n) is 2.50. The highest BCUT2D eigenvalue weighted by molar-refractivity contribution is 5.79. The van der Waals surface area contributed by atoms with Crippen LogP contribution in [0.25, 0.3) is 0 Å². The number of amides is 1. The Morgan fingerprint density at radius 2 is 1.95 bits per heavy atom. The van der Waals surface area contributed by atoms with Crippen molar-refractivity contribution >= 4 is 5.91 Å². The van der Waals surface area contributed by atoms with Crippen molar-refractivity contribution in [2.45, 2.75) is 26.4 Å². The van der Waals surface area contributed by atoms with Crippen molar-refractivity contribution in [2.75, 3.05) is 13.1 Å². The largest absolute Gasteiger partial charge is 0.491 e. The molecule has 0 unspecified atom stereocenters. The topological polar surface area (TPSA) is 77.1 Å². The Balaban J connectivity index is 2.74. The van der Waals surface area contributed by atoms with Crippen LogP contribution in [0.3, 0.4) is 0 Å². The summed E-state index contributed by atoms with van der Waals surface area (Å²) in [6.45, 7) is 3.71. The standard InChI is InChI=1S/C15H17N3O2/c1-12(2)20-14-5-3-4-13(10-14)11-15(19)18(8-6-16)9-7-17/h3-5,10,12H,8-9,11H2,1-2H3. The zero-order valence-corrected chi connectivity index (χ0v) is 11.7. The summed E-state index contributed by atoms with van der Waals surface area (Å²) in [5.74, 6) is 0.465. The van der Waals surface area contributed by atoms with Crippen LogP contribution in [-0.2, 0) is 11.2 Å². The van der Waals surface area contributed by atoms with Gasteiger partial charge in [-0.1, -0.05) is 12.1 Å². The van der Waals surface area contributed by atoms with Crippen LogP contribution in [0.15, 0.2) is 24.3 Å². The van der Waals surface area contributed by atoms with E-state index < -0.39 is 0 Å². The molecule has 0 spiro atoms. The van der Waals surface area contributed by atoms with E-state index in [1.54, 1.807) is 6.07 Å². The van der Waals surface area contributed by atoms with Crippen molar-refractivity contribution in [3.63, 3.8) is 0 Å².